The maximum atomic E-state index is 13.0. The Balaban J connectivity index is 0.000000557. The van der Waals surface area contributed by atoms with Crippen molar-refractivity contribution in [1.82, 2.24) is 0 Å². The average Bonchev–Trinajstić information content (AvgIpc) is 2.15. The van der Waals surface area contributed by atoms with Gasteiger partial charge in [0.1, 0.15) is 5.82 Å². The number of rotatable bonds is 2. The minimum Gasteiger partial charge on any atom is -0.760 e. The van der Waals surface area contributed by atoms with Gasteiger partial charge in [-0.05, 0) is 35.1 Å². The van der Waals surface area contributed by atoms with Crippen LogP contribution >= 0.6 is 0 Å². The summed E-state index contributed by atoms with van der Waals surface area (Å²) in [6, 6.07) is 5.09. The van der Waals surface area contributed by atoms with Crippen LogP contribution in [0.3, 0.4) is 0 Å². The molecule has 0 radical (unpaired) electrons. The molecule has 2 N–H and O–H groups in total. The van der Waals surface area contributed by atoms with E-state index >= 15 is 0 Å². The van der Waals surface area contributed by atoms with Crippen molar-refractivity contribution in [3.63, 3.8) is 0 Å². The molecule has 1 rings (SSSR count). The summed E-state index contributed by atoms with van der Waals surface area (Å²) in [6.07, 6.45) is 0. The van der Waals surface area contributed by atoms with Crippen LogP contribution in [0.1, 0.15) is 50.7 Å². The molecule has 0 aliphatic rings. The van der Waals surface area contributed by atoms with Crippen LogP contribution in [0.2, 0.25) is 0 Å². The van der Waals surface area contributed by atoms with E-state index < -0.39 is 11.3 Å². The summed E-state index contributed by atoms with van der Waals surface area (Å²) in [6.45, 7) is 8.47. The summed E-state index contributed by atoms with van der Waals surface area (Å²) < 4.78 is 30.5. The monoisotopic (exact) mass is 260 g/mol. The first-order valence-corrected chi connectivity index (χ1v) is 6.52. The molecule has 0 aromatic heterocycles. The molecule has 1 aromatic carbocycles. The molecule has 98 valence electrons. The highest BCUT2D eigenvalue weighted by molar-refractivity contribution is 7.76. The van der Waals surface area contributed by atoms with Gasteiger partial charge in [-0.3, -0.25) is 9.35 Å². The highest BCUT2D eigenvalue weighted by Crippen LogP contribution is 2.26. The fraction of sp³-hybridized carbons (Fsp3) is 0.500. The Bertz CT molecular complexity index is 377. The third-order valence-corrected chi connectivity index (χ3v) is 2.29. The van der Waals surface area contributed by atoms with E-state index in [2.05, 4.69) is 32.8 Å². The lowest BCUT2D eigenvalue weighted by atomic mass is 9.91. The van der Waals surface area contributed by atoms with Crippen molar-refractivity contribution >= 4 is 11.3 Å². The Morgan fingerprint density at radius 3 is 1.94 bits per heavy atom. The van der Waals surface area contributed by atoms with Crippen LogP contribution in [0.5, 0.6) is 0 Å². The number of halogens is 1. The van der Waals surface area contributed by atoms with Crippen molar-refractivity contribution in [1.29, 1.82) is 0 Å². The summed E-state index contributed by atoms with van der Waals surface area (Å²) >= 11 is -2.36. The minimum absolute atomic E-state index is 0.131. The summed E-state index contributed by atoms with van der Waals surface area (Å²) in [5, 5.41) is 4.03. The van der Waals surface area contributed by atoms with Gasteiger partial charge in [0.25, 0.3) is 0 Å². The Morgan fingerprint density at radius 1 is 1.18 bits per heavy atom. The van der Waals surface area contributed by atoms with Crippen molar-refractivity contribution < 1.29 is 13.2 Å². The Kier molecular flexibility index (Phi) is 7.18. The van der Waals surface area contributed by atoms with Crippen molar-refractivity contribution in [2.45, 2.75) is 39.5 Å². The molecule has 0 aliphatic heterocycles. The number of benzene rings is 1. The lowest BCUT2D eigenvalue weighted by molar-refractivity contribution is 0.539. The van der Waals surface area contributed by atoms with Crippen molar-refractivity contribution in [2.75, 3.05) is 0 Å². The summed E-state index contributed by atoms with van der Waals surface area (Å²) in [4.78, 5) is 0. The Labute approximate surface area is 105 Å². The van der Waals surface area contributed by atoms with Crippen LogP contribution in [-0.2, 0) is 11.3 Å². The van der Waals surface area contributed by atoms with Gasteiger partial charge in [0, 0.05) is 11.3 Å². The van der Waals surface area contributed by atoms with Crippen molar-refractivity contribution in [3.8, 4) is 0 Å². The topological polar surface area (TPSA) is 66.2 Å². The number of hydrogen-bond donors (Lipinski definition) is 1. The van der Waals surface area contributed by atoms with Gasteiger partial charge in [-0.1, -0.05) is 33.8 Å². The molecule has 1 atom stereocenters. The molecular formula is C12H19FNO2S-. The zero-order chi connectivity index (χ0) is 13.6. The molecular weight excluding hydrogens is 241 g/mol. The zero-order valence-corrected chi connectivity index (χ0v) is 11.4. The van der Waals surface area contributed by atoms with Crippen molar-refractivity contribution in [3.05, 3.63) is 35.1 Å². The quantitative estimate of drug-likeness (QED) is 0.831. The largest absolute Gasteiger partial charge is 0.760 e. The Hall–Kier alpha value is -0.780. The molecule has 0 saturated heterocycles. The van der Waals surface area contributed by atoms with Crippen LogP contribution < -0.4 is 5.14 Å². The Morgan fingerprint density at radius 2 is 1.59 bits per heavy atom. The summed E-state index contributed by atoms with van der Waals surface area (Å²) in [5.41, 5.74) is 2.39. The molecule has 17 heavy (non-hydrogen) atoms. The maximum absolute atomic E-state index is 13.0. The van der Waals surface area contributed by atoms with Crippen LogP contribution in [0.15, 0.2) is 18.2 Å². The fourth-order valence-electron chi connectivity index (χ4n) is 1.57. The van der Waals surface area contributed by atoms with E-state index in [0.717, 1.165) is 5.56 Å². The van der Waals surface area contributed by atoms with Gasteiger partial charge in [-0.15, -0.1) is 0 Å². The minimum atomic E-state index is -2.36. The highest BCUT2D eigenvalue weighted by Gasteiger charge is 2.10. The third kappa shape index (κ3) is 6.51. The fourth-order valence-corrected chi connectivity index (χ4v) is 1.57. The maximum Gasteiger partial charge on any atom is 0.123 e. The first-order valence-electron chi connectivity index (χ1n) is 5.38. The third-order valence-electron chi connectivity index (χ3n) is 2.29. The summed E-state index contributed by atoms with van der Waals surface area (Å²) in [5.74, 6) is 0.735. The lowest BCUT2D eigenvalue weighted by Gasteiger charge is -2.15. The molecule has 0 spiro atoms. The van der Waals surface area contributed by atoms with Crippen LogP contribution in [0.25, 0.3) is 0 Å². The second-order valence-corrected chi connectivity index (χ2v) is 4.86. The van der Waals surface area contributed by atoms with Gasteiger partial charge in [0.2, 0.25) is 0 Å². The van der Waals surface area contributed by atoms with E-state index in [1.165, 1.54) is 5.56 Å². The van der Waals surface area contributed by atoms with Crippen LogP contribution in [-0.4, -0.2) is 8.76 Å². The molecule has 0 amide bonds. The molecule has 0 bridgehead atoms. The second kappa shape index (κ2) is 7.53. The average molecular weight is 260 g/mol. The van der Waals surface area contributed by atoms with Crippen LogP contribution in [0, 0.1) is 5.82 Å². The van der Waals surface area contributed by atoms with Crippen molar-refractivity contribution in [2.24, 2.45) is 5.14 Å². The molecule has 0 heterocycles. The first-order chi connectivity index (χ1) is 7.75. The van der Waals surface area contributed by atoms with E-state index in [1.54, 1.807) is 12.1 Å². The van der Waals surface area contributed by atoms with E-state index in [1.807, 2.05) is 6.07 Å². The molecule has 0 saturated carbocycles. The molecule has 0 fully saturated rings. The zero-order valence-electron chi connectivity index (χ0n) is 10.6. The number of hydrogen-bond acceptors (Lipinski definition) is 2. The van der Waals surface area contributed by atoms with Gasteiger partial charge in [-0.25, -0.2) is 4.39 Å². The van der Waals surface area contributed by atoms with Gasteiger partial charge in [0.15, 0.2) is 0 Å². The van der Waals surface area contributed by atoms with Gasteiger partial charge >= 0.3 is 0 Å². The summed E-state index contributed by atoms with van der Waals surface area (Å²) in [7, 11) is 0. The van der Waals surface area contributed by atoms with Gasteiger partial charge < -0.3 is 4.55 Å². The molecule has 5 heteroatoms. The second-order valence-electron chi connectivity index (χ2n) is 4.34. The van der Waals surface area contributed by atoms with E-state index in [-0.39, 0.29) is 5.82 Å². The van der Waals surface area contributed by atoms with Crippen LogP contribution in [0.4, 0.5) is 4.39 Å². The number of nitrogens with two attached hydrogens (primary N) is 1. The smallest absolute Gasteiger partial charge is 0.123 e. The predicted molar refractivity (Wildman–Crippen MR) is 67.7 cm³/mol. The van der Waals surface area contributed by atoms with Gasteiger partial charge in [-0.2, -0.15) is 0 Å². The van der Waals surface area contributed by atoms with E-state index in [9.17, 15) is 4.39 Å². The standard InChI is InChI=1S/C12H17F.H3NO2S/c1-8(2)11-6-5-10(13)7-12(11)9(3)4;1-4(2)3/h5-9H,1-4H3;1H2,(H,2,3)/p-1. The SMILES string of the molecule is CC(C)c1ccc(F)cc1C(C)C.NS(=O)[O-]. The normalized spacial score (nSPS) is 12.3. The molecule has 0 aliphatic carbocycles. The van der Waals surface area contributed by atoms with Gasteiger partial charge in [0.05, 0.1) is 0 Å². The first kappa shape index (κ1) is 16.2. The van der Waals surface area contributed by atoms with E-state index in [0.29, 0.717) is 11.8 Å². The highest BCUT2D eigenvalue weighted by atomic mass is 32.2. The molecule has 1 aromatic rings. The van der Waals surface area contributed by atoms with E-state index in [4.69, 9.17) is 8.76 Å². The molecule has 3 nitrogen and oxygen atoms in total. The predicted octanol–water partition coefficient (Wildman–Crippen LogP) is 2.81. The molecule has 1 unspecified atom stereocenters. The lowest BCUT2D eigenvalue weighted by Crippen LogP contribution is -1.99.